The van der Waals surface area contributed by atoms with Gasteiger partial charge in [-0.15, -0.1) is 10.2 Å². The van der Waals surface area contributed by atoms with Gasteiger partial charge in [-0.1, -0.05) is 32.0 Å². The van der Waals surface area contributed by atoms with Crippen molar-refractivity contribution in [2.75, 3.05) is 33.9 Å². The van der Waals surface area contributed by atoms with Crippen molar-refractivity contribution < 1.29 is 18.7 Å². The number of hydrogen-bond acceptors (Lipinski definition) is 6. The van der Waals surface area contributed by atoms with Crippen LogP contribution in [0.15, 0.2) is 28.7 Å². The Kier molecular flexibility index (Phi) is 6.67. The number of carbonyl (C=O) groups excluding carboxylic acids is 1. The molecule has 0 aliphatic carbocycles. The molecule has 152 valence electrons. The predicted molar refractivity (Wildman–Crippen MR) is 104 cm³/mol. The number of benzene rings is 1. The number of para-hydroxylation sites is 1. The summed E-state index contributed by atoms with van der Waals surface area (Å²) in [6, 6.07) is 7.81. The fraction of sp³-hybridized carbons (Fsp3) is 0.571. The number of methoxy groups -OCH3 is 2. The Morgan fingerprint density at radius 1 is 1.25 bits per heavy atom. The Labute approximate surface area is 166 Å². The molecule has 2 atom stereocenters. The van der Waals surface area contributed by atoms with E-state index in [1.165, 1.54) is 0 Å². The number of amides is 1. The van der Waals surface area contributed by atoms with E-state index in [0.29, 0.717) is 44.3 Å². The minimum atomic E-state index is 0.00941. The zero-order valence-corrected chi connectivity index (χ0v) is 17.1. The maximum absolute atomic E-state index is 12.8. The van der Waals surface area contributed by atoms with Crippen LogP contribution in [0.5, 0.6) is 5.75 Å². The number of rotatable bonds is 8. The molecule has 0 bridgehead atoms. The van der Waals surface area contributed by atoms with Crippen LogP contribution >= 0.6 is 0 Å². The second kappa shape index (κ2) is 9.19. The summed E-state index contributed by atoms with van der Waals surface area (Å²) in [5.41, 5.74) is 1.04. The molecule has 7 heteroatoms. The summed E-state index contributed by atoms with van der Waals surface area (Å²) < 4.78 is 16.6. The summed E-state index contributed by atoms with van der Waals surface area (Å²) in [4.78, 5) is 14.7. The largest absolute Gasteiger partial charge is 0.496 e. The highest BCUT2D eigenvalue weighted by molar-refractivity contribution is 5.77. The first-order valence-corrected chi connectivity index (χ1v) is 9.75. The number of nitrogens with zero attached hydrogens (tertiary/aromatic N) is 3. The first kappa shape index (κ1) is 20.3. The third-order valence-electron chi connectivity index (χ3n) is 5.24. The fourth-order valence-electron chi connectivity index (χ4n) is 3.68. The molecule has 0 saturated carbocycles. The van der Waals surface area contributed by atoms with Crippen LogP contribution < -0.4 is 4.74 Å². The highest BCUT2D eigenvalue weighted by atomic mass is 16.5. The van der Waals surface area contributed by atoms with Crippen molar-refractivity contribution in [1.82, 2.24) is 15.1 Å². The molecular weight excluding hydrogens is 358 g/mol. The van der Waals surface area contributed by atoms with Crippen molar-refractivity contribution in [2.24, 2.45) is 5.92 Å². The smallest absolute Gasteiger partial charge is 0.222 e. The molecule has 2 heterocycles. The molecule has 1 amide bonds. The van der Waals surface area contributed by atoms with Gasteiger partial charge in [-0.2, -0.15) is 0 Å². The third kappa shape index (κ3) is 4.52. The second-order valence-corrected chi connectivity index (χ2v) is 7.57. The quantitative estimate of drug-likeness (QED) is 0.693. The predicted octanol–water partition coefficient (Wildman–Crippen LogP) is 3.02. The number of likely N-dealkylation sites (tertiary alicyclic amines) is 1. The molecule has 7 nitrogen and oxygen atoms in total. The summed E-state index contributed by atoms with van der Waals surface area (Å²) in [7, 11) is 3.33. The Morgan fingerprint density at radius 3 is 2.71 bits per heavy atom. The monoisotopic (exact) mass is 387 g/mol. The van der Waals surface area contributed by atoms with E-state index in [1.807, 2.05) is 43.0 Å². The van der Waals surface area contributed by atoms with Gasteiger partial charge in [0, 0.05) is 38.5 Å². The normalized spacial score (nSPS) is 19.4. The molecule has 1 saturated heterocycles. The molecule has 0 N–H and O–H groups in total. The second-order valence-electron chi connectivity index (χ2n) is 7.57. The van der Waals surface area contributed by atoms with Gasteiger partial charge in [0.1, 0.15) is 5.75 Å². The topological polar surface area (TPSA) is 77.7 Å². The van der Waals surface area contributed by atoms with Gasteiger partial charge in [-0.25, -0.2) is 0 Å². The lowest BCUT2D eigenvalue weighted by Gasteiger charge is -2.16. The SMILES string of the molecule is COC[C@@H]1CN(C(=O)CCc2ccccc2OC)C[C@H]1c1nnc(C(C)C)o1. The minimum absolute atomic E-state index is 0.00941. The highest BCUT2D eigenvalue weighted by Gasteiger charge is 2.39. The van der Waals surface area contributed by atoms with Crippen molar-refractivity contribution in [1.29, 1.82) is 0 Å². The van der Waals surface area contributed by atoms with Gasteiger partial charge >= 0.3 is 0 Å². The molecule has 3 rings (SSSR count). The van der Waals surface area contributed by atoms with Crippen LogP contribution in [0.3, 0.4) is 0 Å². The van der Waals surface area contributed by atoms with Gasteiger partial charge in [0.2, 0.25) is 17.7 Å². The molecule has 0 spiro atoms. The standard InChI is InChI=1S/C21H29N3O4/c1-14(2)20-22-23-21(28-20)17-12-24(11-16(17)13-26-3)19(25)10-9-15-7-5-6-8-18(15)27-4/h5-8,14,16-17H,9-13H2,1-4H3/t16-,17+/m0/s1. The van der Waals surface area contributed by atoms with Crippen molar-refractivity contribution in [2.45, 2.75) is 38.5 Å². The molecule has 1 aromatic carbocycles. The van der Waals surface area contributed by atoms with Crippen LogP contribution in [0.25, 0.3) is 0 Å². The van der Waals surface area contributed by atoms with E-state index in [4.69, 9.17) is 13.9 Å². The van der Waals surface area contributed by atoms with Crippen molar-refractivity contribution >= 4 is 5.91 Å². The maximum atomic E-state index is 12.8. The Balaban J connectivity index is 1.66. The Bertz CT molecular complexity index is 789. The van der Waals surface area contributed by atoms with E-state index >= 15 is 0 Å². The van der Waals surface area contributed by atoms with Gasteiger partial charge in [0.25, 0.3) is 0 Å². The molecule has 1 aromatic heterocycles. The maximum Gasteiger partial charge on any atom is 0.222 e. The summed E-state index contributed by atoms with van der Waals surface area (Å²) in [6.07, 6.45) is 1.09. The van der Waals surface area contributed by atoms with Crippen LogP contribution in [-0.4, -0.2) is 54.9 Å². The highest BCUT2D eigenvalue weighted by Crippen LogP contribution is 2.33. The third-order valence-corrected chi connectivity index (χ3v) is 5.24. The number of aromatic nitrogens is 2. The van der Waals surface area contributed by atoms with E-state index in [1.54, 1.807) is 14.2 Å². The van der Waals surface area contributed by atoms with E-state index in [2.05, 4.69) is 10.2 Å². The van der Waals surface area contributed by atoms with Gasteiger partial charge in [-0.3, -0.25) is 4.79 Å². The molecule has 1 aliphatic rings. The van der Waals surface area contributed by atoms with E-state index < -0.39 is 0 Å². The van der Waals surface area contributed by atoms with E-state index in [9.17, 15) is 4.79 Å². The Morgan fingerprint density at radius 2 is 2.04 bits per heavy atom. The van der Waals surface area contributed by atoms with Crippen LogP contribution in [0, 0.1) is 5.92 Å². The molecule has 2 aromatic rings. The molecule has 1 fully saturated rings. The lowest BCUT2D eigenvalue weighted by molar-refractivity contribution is -0.130. The molecule has 0 radical (unpaired) electrons. The van der Waals surface area contributed by atoms with Crippen LogP contribution in [0.2, 0.25) is 0 Å². The van der Waals surface area contributed by atoms with Crippen molar-refractivity contribution in [3.8, 4) is 5.75 Å². The number of ether oxygens (including phenoxy) is 2. The average Bonchev–Trinajstić information content (AvgIpc) is 3.34. The van der Waals surface area contributed by atoms with Gasteiger partial charge < -0.3 is 18.8 Å². The average molecular weight is 387 g/mol. The summed E-state index contributed by atoms with van der Waals surface area (Å²) >= 11 is 0. The van der Waals surface area contributed by atoms with Gasteiger partial charge in [0.15, 0.2) is 0 Å². The first-order chi connectivity index (χ1) is 13.5. The van der Waals surface area contributed by atoms with Crippen LogP contribution in [-0.2, 0) is 16.0 Å². The van der Waals surface area contributed by atoms with E-state index in [-0.39, 0.29) is 23.7 Å². The fourth-order valence-corrected chi connectivity index (χ4v) is 3.68. The Hall–Kier alpha value is -2.41. The zero-order chi connectivity index (χ0) is 20.1. The number of hydrogen-bond donors (Lipinski definition) is 0. The van der Waals surface area contributed by atoms with Gasteiger partial charge in [-0.05, 0) is 18.1 Å². The molecule has 0 unspecified atom stereocenters. The van der Waals surface area contributed by atoms with Crippen LogP contribution in [0.1, 0.15) is 49.4 Å². The van der Waals surface area contributed by atoms with Crippen molar-refractivity contribution in [3.63, 3.8) is 0 Å². The minimum Gasteiger partial charge on any atom is -0.496 e. The number of aryl methyl sites for hydroxylation is 1. The number of carbonyl (C=O) groups is 1. The lowest BCUT2D eigenvalue weighted by atomic mass is 9.97. The first-order valence-electron chi connectivity index (χ1n) is 9.75. The van der Waals surface area contributed by atoms with Crippen molar-refractivity contribution in [3.05, 3.63) is 41.6 Å². The van der Waals surface area contributed by atoms with Crippen LogP contribution in [0.4, 0.5) is 0 Å². The van der Waals surface area contributed by atoms with Gasteiger partial charge in [0.05, 0.1) is 19.6 Å². The lowest BCUT2D eigenvalue weighted by Crippen LogP contribution is -2.29. The summed E-state index contributed by atoms with van der Waals surface area (Å²) in [6.45, 7) is 5.82. The summed E-state index contributed by atoms with van der Waals surface area (Å²) in [5.74, 6) is 2.52. The molecular formula is C21H29N3O4. The molecule has 28 heavy (non-hydrogen) atoms. The summed E-state index contributed by atoms with van der Waals surface area (Å²) in [5, 5.41) is 8.38. The zero-order valence-electron chi connectivity index (χ0n) is 17.1. The molecule has 1 aliphatic heterocycles. The van der Waals surface area contributed by atoms with E-state index in [0.717, 1.165) is 11.3 Å².